The summed E-state index contributed by atoms with van der Waals surface area (Å²) in [5.74, 6) is 1.42. The van der Waals surface area contributed by atoms with E-state index in [1.54, 1.807) is 18.6 Å². The Morgan fingerprint density at radius 3 is 2.52 bits per heavy atom. The molecule has 1 aromatic carbocycles. The highest BCUT2D eigenvalue weighted by molar-refractivity contribution is 5.94. The van der Waals surface area contributed by atoms with Crippen LogP contribution in [0.2, 0.25) is 0 Å². The van der Waals surface area contributed by atoms with Crippen molar-refractivity contribution in [3.63, 3.8) is 0 Å². The Morgan fingerprint density at radius 1 is 1.00 bits per heavy atom. The molecular weight excluding hydrogens is 364 g/mol. The molecule has 1 aliphatic rings. The van der Waals surface area contributed by atoms with Gasteiger partial charge in [0.25, 0.3) is 0 Å². The van der Waals surface area contributed by atoms with E-state index in [-0.39, 0.29) is 11.9 Å². The highest BCUT2D eigenvalue weighted by atomic mass is 16.5. The Morgan fingerprint density at radius 2 is 1.79 bits per heavy atom. The SMILES string of the molecule is O=C(Nc1ccc(Oc2cccnc2)cc1)[C@H]1CCCCN1Cc1cccnc1. The number of carbonyl (C=O) groups is 1. The third-order valence-electron chi connectivity index (χ3n) is 5.02. The minimum absolute atomic E-state index is 0.0366. The van der Waals surface area contributed by atoms with E-state index in [1.165, 1.54) is 0 Å². The van der Waals surface area contributed by atoms with Gasteiger partial charge in [-0.15, -0.1) is 0 Å². The molecule has 6 heteroatoms. The van der Waals surface area contributed by atoms with Crippen molar-refractivity contribution in [3.05, 3.63) is 78.9 Å². The molecule has 1 N–H and O–H groups in total. The number of hydrogen-bond donors (Lipinski definition) is 1. The summed E-state index contributed by atoms with van der Waals surface area (Å²) < 4.78 is 5.75. The molecule has 1 saturated heterocycles. The van der Waals surface area contributed by atoms with E-state index < -0.39 is 0 Å². The lowest BCUT2D eigenvalue weighted by Crippen LogP contribution is -2.46. The molecule has 4 rings (SSSR count). The van der Waals surface area contributed by atoms with Gasteiger partial charge in [0.05, 0.1) is 12.2 Å². The summed E-state index contributed by atoms with van der Waals surface area (Å²) in [4.78, 5) is 23.4. The van der Waals surface area contributed by atoms with Gasteiger partial charge < -0.3 is 10.1 Å². The molecule has 0 spiro atoms. The van der Waals surface area contributed by atoms with Crippen molar-refractivity contribution in [1.82, 2.24) is 14.9 Å². The van der Waals surface area contributed by atoms with Crippen LogP contribution in [0.25, 0.3) is 0 Å². The summed E-state index contributed by atoms with van der Waals surface area (Å²) in [7, 11) is 0. The number of amides is 1. The number of ether oxygens (including phenoxy) is 1. The number of rotatable bonds is 6. The van der Waals surface area contributed by atoms with E-state index >= 15 is 0 Å². The molecule has 1 amide bonds. The first-order valence-corrected chi connectivity index (χ1v) is 9.90. The molecule has 0 unspecified atom stereocenters. The molecule has 1 atom stereocenters. The number of hydrogen-bond acceptors (Lipinski definition) is 5. The topological polar surface area (TPSA) is 67.3 Å². The van der Waals surface area contributed by atoms with Crippen molar-refractivity contribution in [2.45, 2.75) is 31.8 Å². The van der Waals surface area contributed by atoms with Crippen LogP contribution in [0.3, 0.4) is 0 Å². The summed E-state index contributed by atoms with van der Waals surface area (Å²) in [6.45, 7) is 1.66. The molecule has 3 heterocycles. The van der Waals surface area contributed by atoms with E-state index in [2.05, 4.69) is 26.3 Å². The second-order valence-electron chi connectivity index (χ2n) is 7.15. The standard InChI is InChI=1S/C23H24N4O2/c28-23(22-7-1-2-14-27(22)17-18-5-3-12-24-15-18)26-19-8-10-20(11-9-19)29-21-6-4-13-25-16-21/h3-6,8-13,15-16,22H,1-2,7,14,17H2,(H,26,28)/t22-/m1/s1. The van der Waals surface area contributed by atoms with Crippen LogP contribution in [0.15, 0.2) is 73.3 Å². The summed E-state index contributed by atoms with van der Waals surface area (Å²) in [5, 5.41) is 3.05. The Labute approximate surface area is 170 Å². The van der Waals surface area contributed by atoms with E-state index in [1.807, 2.05) is 48.7 Å². The van der Waals surface area contributed by atoms with E-state index in [0.29, 0.717) is 11.5 Å². The second kappa shape index (κ2) is 9.30. The van der Waals surface area contributed by atoms with Crippen molar-refractivity contribution in [1.29, 1.82) is 0 Å². The maximum absolute atomic E-state index is 12.9. The van der Waals surface area contributed by atoms with Gasteiger partial charge in [0.2, 0.25) is 5.91 Å². The van der Waals surface area contributed by atoms with Gasteiger partial charge in [0.15, 0.2) is 0 Å². The molecule has 1 fully saturated rings. The zero-order chi connectivity index (χ0) is 19.9. The summed E-state index contributed by atoms with van der Waals surface area (Å²) in [6, 6.07) is 14.9. The van der Waals surface area contributed by atoms with Gasteiger partial charge in [-0.05, 0) is 67.4 Å². The highest BCUT2D eigenvalue weighted by Gasteiger charge is 2.28. The summed E-state index contributed by atoms with van der Waals surface area (Å²) >= 11 is 0. The average Bonchev–Trinajstić information content (AvgIpc) is 2.77. The van der Waals surface area contributed by atoms with Gasteiger partial charge in [-0.2, -0.15) is 0 Å². The Balaban J connectivity index is 1.38. The predicted molar refractivity (Wildman–Crippen MR) is 112 cm³/mol. The fourth-order valence-electron chi connectivity index (χ4n) is 3.58. The van der Waals surface area contributed by atoms with Crippen LogP contribution in [0.1, 0.15) is 24.8 Å². The van der Waals surface area contributed by atoms with Gasteiger partial charge >= 0.3 is 0 Å². The van der Waals surface area contributed by atoms with Crippen LogP contribution in [-0.4, -0.2) is 33.4 Å². The minimum atomic E-state index is -0.129. The van der Waals surface area contributed by atoms with Gasteiger partial charge in [0, 0.05) is 30.8 Å². The highest BCUT2D eigenvalue weighted by Crippen LogP contribution is 2.24. The number of nitrogens with one attached hydrogen (secondary N) is 1. The minimum Gasteiger partial charge on any atom is -0.456 e. The molecule has 6 nitrogen and oxygen atoms in total. The van der Waals surface area contributed by atoms with E-state index in [4.69, 9.17) is 4.74 Å². The number of carbonyl (C=O) groups excluding carboxylic acids is 1. The van der Waals surface area contributed by atoms with Crippen LogP contribution in [0, 0.1) is 0 Å². The number of likely N-dealkylation sites (tertiary alicyclic amines) is 1. The van der Waals surface area contributed by atoms with Gasteiger partial charge in [-0.1, -0.05) is 12.5 Å². The molecule has 3 aromatic rings. The Kier molecular flexibility index (Phi) is 6.12. The lowest BCUT2D eigenvalue weighted by atomic mass is 10.0. The number of anilines is 1. The lowest BCUT2D eigenvalue weighted by molar-refractivity contribution is -0.122. The third-order valence-corrected chi connectivity index (χ3v) is 5.02. The number of benzene rings is 1. The Bertz CT molecular complexity index is 917. The maximum atomic E-state index is 12.9. The van der Waals surface area contributed by atoms with Crippen molar-refractivity contribution in [3.8, 4) is 11.5 Å². The first-order valence-electron chi connectivity index (χ1n) is 9.90. The molecule has 2 aromatic heterocycles. The first kappa shape index (κ1) is 19.1. The van der Waals surface area contributed by atoms with Crippen LogP contribution >= 0.6 is 0 Å². The molecule has 0 saturated carbocycles. The normalized spacial score (nSPS) is 16.9. The van der Waals surface area contributed by atoms with E-state index in [9.17, 15) is 4.79 Å². The number of piperidine rings is 1. The second-order valence-corrected chi connectivity index (χ2v) is 7.15. The van der Waals surface area contributed by atoms with Crippen LogP contribution < -0.4 is 10.1 Å². The molecular formula is C23H24N4O2. The zero-order valence-corrected chi connectivity index (χ0v) is 16.2. The summed E-state index contributed by atoms with van der Waals surface area (Å²) in [6.07, 6.45) is 10.1. The largest absolute Gasteiger partial charge is 0.456 e. The molecule has 0 bridgehead atoms. The maximum Gasteiger partial charge on any atom is 0.241 e. The number of nitrogens with zero attached hydrogens (tertiary/aromatic N) is 3. The van der Waals surface area contributed by atoms with Crippen molar-refractivity contribution in [2.24, 2.45) is 0 Å². The van der Waals surface area contributed by atoms with Crippen molar-refractivity contribution < 1.29 is 9.53 Å². The van der Waals surface area contributed by atoms with Crippen molar-refractivity contribution in [2.75, 3.05) is 11.9 Å². The quantitative estimate of drug-likeness (QED) is 0.683. The fraction of sp³-hybridized carbons (Fsp3) is 0.261. The number of pyridine rings is 2. The summed E-state index contributed by atoms with van der Waals surface area (Å²) in [5.41, 5.74) is 1.89. The van der Waals surface area contributed by atoms with Crippen molar-refractivity contribution >= 4 is 11.6 Å². The van der Waals surface area contributed by atoms with Gasteiger partial charge in [0.1, 0.15) is 11.5 Å². The Hall–Kier alpha value is -3.25. The van der Waals surface area contributed by atoms with Gasteiger partial charge in [-0.25, -0.2) is 0 Å². The first-order chi connectivity index (χ1) is 14.3. The molecule has 1 aliphatic heterocycles. The predicted octanol–water partition coefficient (Wildman–Crippen LogP) is 4.26. The van der Waals surface area contributed by atoms with Crippen LogP contribution in [-0.2, 0) is 11.3 Å². The molecule has 0 aliphatic carbocycles. The van der Waals surface area contributed by atoms with E-state index in [0.717, 1.165) is 43.6 Å². The molecule has 0 radical (unpaired) electrons. The monoisotopic (exact) mass is 388 g/mol. The molecule has 29 heavy (non-hydrogen) atoms. The third kappa shape index (κ3) is 5.18. The van der Waals surface area contributed by atoms with Crippen LogP contribution in [0.4, 0.5) is 5.69 Å². The van der Waals surface area contributed by atoms with Crippen LogP contribution in [0.5, 0.6) is 11.5 Å². The van der Waals surface area contributed by atoms with Gasteiger partial charge in [-0.3, -0.25) is 19.7 Å². The lowest BCUT2D eigenvalue weighted by Gasteiger charge is -2.34. The smallest absolute Gasteiger partial charge is 0.241 e. The average molecular weight is 388 g/mol. The zero-order valence-electron chi connectivity index (χ0n) is 16.2. The number of aromatic nitrogens is 2. The fourth-order valence-corrected chi connectivity index (χ4v) is 3.58. The molecule has 148 valence electrons.